The van der Waals surface area contributed by atoms with Gasteiger partial charge in [-0.05, 0) is 6.07 Å². The molecule has 0 atom stereocenters. The summed E-state index contributed by atoms with van der Waals surface area (Å²) in [7, 11) is 0. The number of benzene rings is 1. The molecule has 1 N–H and O–H groups in total. The number of fused-ring (bicyclic) bond motifs is 1. The van der Waals surface area contributed by atoms with E-state index in [0.29, 0.717) is 30.9 Å². The third-order valence-corrected chi connectivity index (χ3v) is 3.17. The summed E-state index contributed by atoms with van der Waals surface area (Å²) in [6.07, 6.45) is 0.612. The predicted molar refractivity (Wildman–Crippen MR) is 67.3 cm³/mol. The molecule has 0 saturated heterocycles. The number of ether oxygens (including phenoxy) is 2. The van der Waals surface area contributed by atoms with Crippen molar-refractivity contribution in [2.24, 2.45) is 0 Å². The molecule has 1 aromatic rings. The van der Waals surface area contributed by atoms with E-state index in [0.717, 1.165) is 0 Å². The summed E-state index contributed by atoms with van der Waals surface area (Å²) in [5.74, 6) is -0.957. The number of hydrogen-bond acceptors (Lipinski definition) is 3. The zero-order valence-electron chi connectivity index (χ0n) is 11.0. The van der Waals surface area contributed by atoms with Crippen molar-refractivity contribution >= 4 is 5.97 Å². The van der Waals surface area contributed by atoms with Crippen molar-refractivity contribution in [2.45, 2.75) is 32.1 Å². The fourth-order valence-electron chi connectivity index (χ4n) is 2.23. The Morgan fingerprint density at radius 3 is 2.58 bits per heavy atom. The van der Waals surface area contributed by atoms with Crippen molar-refractivity contribution in [2.75, 3.05) is 13.2 Å². The molecule has 0 saturated carbocycles. The van der Waals surface area contributed by atoms with Gasteiger partial charge in [0.25, 0.3) is 0 Å². The number of carbonyl (C=O) groups is 1. The third-order valence-electron chi connectivity index (χ3n) is 3.17. The Bertz CT molecular complexity index is 496. The van der Waals surface area contributed by atoms with E-state index in [1.165, 1.54) is 6.07 Å². The first kappa shape index (κ1) is 13.6. The number of hydrogen-bond donors (Lipinski definition) is 1. The second-order valence-electron chi connectivity index (χ2n) is 5.26. The van der Waals surface area contributed by atoms with E-state index in [9.17, 15) is 9.18 Å². The first-order chi connectivity index (χ1) is 8.92. The highest BCUT2D eigenvalue weighted by Gasteiger charge is 2.31. The van der Waals surface area contributed by atoms with E-state index in [2.05, 4.69) is 0 Å². The van der Waals surface area contributed by atoms with E-state index < -0.39 is 17.2 Å². The molecule has 0 amide bonds. The topological polar surface area (TPSA) is 55.8 Å². The minimum absolute atomic E-state index is 0.0611. The zero-order valence-corrected chi connectivity index (χ0v) is 11.0. The average Bonchev–Trinajstić information content (AvgIpc) is 2.53. The average molecular weight is 268 g/mol. The quantitative estimate of drug-likeness (QED) is 0.915. The first-order valence-corrected chi connectivity index (χ1v) is 6.22. The molecule has 0 fully saturated rings. The summed E-state index contributed by atoms with van der Waals surface area (Å²) in [6, 6.07) is 2.87. The van der Waals surface area contributed by atoms with Crippen LogP contribution in [0.25, 0.3) is 0 Å². The van der Waals surface area contributed by atoms with Crippen LogP contribution in [0.15, 0.2) is 12.1 Å². The first-order valence-electron chi connectivity index (χ1n) is 6.22. The summed E-state index contributed by atoms with van der Waals surface area (Å²) >= 11 is 0. The van der Waals surface area contributed by atoms with Crippen molar-refractivity contribution in [3.63, 3.8) is 0 Å². The van der Waals surface area contributed by atoms with Gasteiger partial charge in [-0.15, -0.1) is 0 Å². The van der Waals surface area contributed by atoms with Crippen molar-refractivity contribution in [1.82, 2.24) is 0 Å². The van der Waals surface area contributed by atoms with Gasteiger partial charge in [-0.1, -0.05) is 19.9 Å². The normalized spacial score (nSPS) is 14.9. The molecule has 1 aromatic carbocycles. The highest BCUT2D eigenvalue weighted by atomic mass is 19.1. The van der Waals surface area contributed by atoms with Gasteiger partial charge < -0.3 is 14.6 Å². The van der Waals surface area contributed by atoms with Crippen LogP contribution in [0.1, 0.15) is 32.3 Å². The second kappa shape index (κ2) is 5.07. The van der Waals surface area contributed by atoms with E-state index >= 15 is 0 Å². The molecule has 1 aliphatic heterocycles. The fraction of sp³-hybridized carbons (Fsp3) is 0.500. The number of carboxylic acids is 1. The number of aliphatic carboxylic acids is 1. The van der Waals surface area contributed by atoms with Crippen molar-refractivity contribution in [3.8, 4) is 11.5 Å². The summed E-state index contributed by atoms with van der Waals surface area (Å²) < 4.78 is 24.7. The molecule has 2 rings (SSSR count). The van der Waals surface area contributed by atoms with Gasteiger partial charge >= 0.3 is 5.97 Å². The maximum atomic E-state index is 13.8. The summed E-state index contributed by atoms with van der Waals surface area (Å²) in [4.78, 5) is 10.9. The van der Waals surface area contributed by atoms with Gasteiger partial charge in [-0.3, -0.25) is 4.79 Å². The Morgan fingerprint density at radius 2 is 1.95 bits per heavy atom. The number of carboxylic acid groups (broad SMARTS) is 1. The molecule has 0 aliphatic carbocycles. The molecule has 19 heavy (non-hydrogen) atoms. The molecular formula is C14H17FO4. The predicted octanol–water partition coefficient (Wildman–Crippen LogP) is 2.74. The van der Waals surface area contributed by atoms with Crippen molar-refractivity contribution in [3.05, 3.63) is 23.5 Å². The Hall–Kier alpha value is -1.78. The minimum atomic E-state index is -0.905. The highest BCUT2D eigenvalue weighted by Crippen LogP contribution is 2.42. The van der Waals surface area contributed by atoms with E-state index in [1.807, 2.05) is 0 Å². The number of rotatable bonds is 3. The molecule has 0 spiro atoms. The monoisotopic (exact) mass is 268 g/mol. The van der Waals surface area contributed by atoms with E-state index in [1.54, 1.807) is 19.9 Å². The molecule has 4 nitrogen and oxygen atoms in total. The van der Waals surface area contributed by atoms with Gasteiger partial charge in [0.2, 0.25) is 0 Å². The summed E-state index contributed by atoms with van der Waals surface area (Å²) in [5.41, 5.74) is 0.00493. The molecule has 5 heteroatoms. The van der Waals surface area contributed by atoms with Crippen LogP contribution < -0.4 is 9.47 Å². The zero-order chi connectivity index (χ0) is 14.0. The minimum Gasteiger partial charge on any atom is -0.489 e. The lowest BCUT2D eigenvalue weighted by Gasteiger charge is -2.26. The lowest BCUT2D eigenvalue weighted by molar-refractivity contribution is -0.138. The third kappa shape index (κ3) is 2.80. The molecule has 1 heterocycles. The molecule has 1 aliphatic rings. The van der Waals surface area contributed by atoms with Gasteiger partial charge in [0.1, 0.15) is 0 Å². The SMILES string of the molecule is CC(C)(CC(=O)O)c1ccc(F)c2c1OCCCO2. The second-order valence-corrected chi connectivity index (χ2v) is 5.26. The Kier molecular flexibility index (Phi) is 3.64. The molecule has 0 bridgehead atoms. The molecule has 0 radical (unpaired) electrons. The van der Waals surface area contributed by atoms with Gasteiger partial charge in [-0.2, -0.15) is 0 Å². The summed E-state index contributed by atoms with van der Waals surface area (Å²) in [6.45, 7) is 4.42. The lowest BCUT2D eigenvalue weighted by atomic mass is 9.81. The maximum Gasteiger partial charge on any atom is 0.304 e. The summed E-state index contributed by atoms with van der Waals surface area (Å²) in [5, 5.41) is 8.98. The van der Waals surface area contributed by atoms with Crippen molar-refractivity contribution in [1.29, 1.82) is 0 Å². The van der Waals surface area contributed by atoms with E-state index in [-0.39, 0.29) is 12.2 Å². The van der Waals surface area contributed by atoms with Gasteiger partial charge in [0.15, 0.2) is 17.3 Å². The van der Waals surface area contributed by atoms with Crippen LogP contribution in [-0.4, -0.2) is 24.3 Å². The van der Waals surface area contributed by atoms with Gasteiger partial charge in [0.05, 0.1) is 19.6 Å². The maximum absolute atomic E-state index is 13.8. The van der Waals surface area contributed by atoms with E-state index in [4.69, 9.17) is 14.6 Å². The Balaban J connectivity index is 2.49. The van der Waals surface area contributed by atoms with Gasteiger partial charge in [0, 0.05) is 17.4 Å². The van der Waals surface area contributed by atoms with Crippen molar-refractivity contribution < 1.29 is 23.8 Å². The number of halogens is 1. The lowest BCUT2D eigenvalue weighted by Crippen LogP contribution is -2.23. The largest absolute Gasteiger partial charge is 0.489 e. The highest BCUT2D eigenvalue weighted by molar-refractivity contribution is 5.69. The van der Waals surface area contributed by atoms with Crippen LogP contribution in [0.3, 0.4) is 0 Å². The Morgan fingerprint density at radius 1 is 1.32 bits per heavy atom. The molecular weight excluding hydrogens is 251 g/mol. The van der Waals surface area contributed by atoms with Gasteiger partial charge in [-0.25, -0.2) is 4.39 Å². The van der Waals surface area contributed by atoms with Crippen LogP contribution in [0, 0.1) is 5.82 Å². The molecule has 0 unspecified atom stereocenters. The van der Waals surface area contributed by atoms with Crippen LogP contribution >= 0.6 is 0 Å². The van der Waals surface area contributed by atoms with Crippen LogP contribution in [-0.2, 0) is 10.2 Å². The smallest absolute Gasteiger partial charge is 0.304 e. The Labute approximate surface area is 111 Å². The standard InChI is InChI=1S/C14H17FO4/c1-14(2,8-11(16)17)9-4-5-10(15)13-12(9)18-6-3-7-19-13/h4-5H,3,6-8H2,1-2H3,(H,16,17). The molecule has 104 valence electrons. The molecule has 0 aromatic heterocycles. The van der Waals surface area contributed by atoms with Crippen LogP contribution in [0.2, 0.25) is 0 Å². The van der Waals surface area contributed by atoms with Crippen LogP contribution in [0.5, 0.6) is 11.5 Å². The fourth-order valence-corrected chi connectivity index (χ4v) is 2.23. The van der Waals surface area contributed by atoms with Crippen LogP contribution in [0.4, 0.5) is 4.39 Å².